The zero-order valence-electron chi connectivity index (χ0n) is 14.2. The molecule has 2 aliphatic rings. The highest BCUT2D eigenvalue weighted by atomic mass is 32.2. The van der Waals surface area contributed by atoms with Crippen LogP contribution in [0.5, 0.6) is 0 Å². The standard InChI is InChI=1S/C18H23N5OS/c24-17(19-16-11-5-7-13-6-1-4-10-15(13)16)12-25-18-20-21-22-23(18)14-8-2-3-9-14/h1,4,6,10,14,16H,2-3,5,7-9,11-12H2,(H,19,24)/t16-/m0/s1. The molecule has 25 heavy (non-hydrogen) atoms. The van der Waals surface area contributed by atoms with E-state index in [4.69, 9.17) is 0 Å². The Balaban J connectivity index is 1.35. The molecule has 0 spiro atoms. The van der Waals surface area contributed by atoms with Gasteiger partial charge in [-0.2, -0.15) is 0 Å². The Morgan fingerprint density at radius 1 is 1.20 bits per heavy atom. The molecule has 0 bridgehead atoms. The molecule has 6 nitrogen and oxygen atoms in total. The highest BCUT2D eigenvalue weighted by Crippen LogP contribution is 2.32. The number of aryl methyl sites for hydroxylation is 1. The van der Waals surface area contributed by atoms with Crippen LogP contribution in [0.4, 0.5) is 0 Å². The molecule has 2 aliphatic carbocycles. The molecule has 1 atom stereocenters. The quantitative estimate of drug-likeness (QED) is 0.833. The van der Waals surface area contributed by atoms with E-state index in [0.29, 0.717) is 11.8 Å². The molecular formula is C18H23N5OS. The summed E-state index contributed by atoms with van der Waals surface area (Å²) in [5.41, 5.74) is 2.62. The fourth-order valence-electron chi connectivity index (χ4n) is 3.93. The number of carbonyl (C=O) groups is 1. The molecule has 0 unspecified atom stereocenters. The van der Waals surface area contributed by atoms with Gasteiger partial charge in [0.15, 0.2) is 0 Å². The van der Waals surface area contributed by atoms with Crippen LogP contribution in [0.2, 0.25) is 0 Å². The number of hydrogen-bond acceptors (Lipinski definition) is 5. The van der Waals surface area contributed by atoms with Crippen molar-refractivity contribution in [2.75, 3.05) is 5.75 Å². The van der Waals surface area contributed by atoms with E-state index < -0.39 is 0 Å². The number of benzene rings is 1. The molecule has 1 aromatic carbocycles. The molecular weight excluding hydrogens is 334 g/mol. The van der Waals surface area contributed by atoms with Crippen molar-refractivity contribution in [1.82, 2.24) is 25.5 Å². The molecule has 1 heterocycles. The van der Waals surface area contributed by atoms with Gasteiger partial charge in [-0.05, 0) is 53.7 Å². The zero-order chi connectivity index (χ0) is 17.1. The molecule has 7 heteroatoms. The van der Waals surface area contributed by atoms with Gasteiger partial charge in [-0.15, -0.1) is 5.10 Å². The summed E-state index contributed by atoms with van der Waals surface area (Å²) in [5, 5.41) is 16.0. The molecule has 1 amide bonds. The Morgan fingerprint density at radius 3 is 2.92 bits per heavy atom. The Bertz CT molecular complexity index is 741. The Kier molecular flexibility index (Phi) is 5.01. The van der Waals surface area contributed by atoms with Crippen molar-refractivity contribution in [3.05, 3.63) is 35.4 Å². The molecule has 4 rings (SSSR count). The van der Waals surface area contributed by atoms with E-state index in [1.165, 1.54) is 35.7 Å². The van der Waals surface area contributed by atoms with Crippen molar-refractivity contribution in [2.45, 2.75) is 62.2 Å². The number of fused-ring (bicyclic) bond motifs is 1. The summed E-state index contributed by atoms with van der Waals surface area (Å²) in [7, 11) is 0. The summed E-state index contributed by atoms with van der Waals surface area (Å²) in [6.45, 7) is 0. The van der Waals surface area contributed by atoms with Gasteiger partial charge in [0.1, 0.15) is 0 Å². The van der Waals surface area contributed by atoms with Crippen LogP contribution in [0.1, 0.15) is 61.7 Å². The third kappa shape index (κ3) is 3.71. The first kappa shape index (κ1) is 16.6. The van der Waals surface area contributed by atoms with Crippen molar-refractivity contribution in [2.24, 2.45) is 0 Å². The second-order valence-corrected chi connectivity index (χ2v) is 7.79. The van der Waals surface area contributed by atoms with Crippen LogP contribution in [-0.2, 0) is 11.2 Å². The molecule has 132 valence electrons. The number of nitrogens with zero attached hydrogens (tertiary/aromatic N) is 4. The number of tetrazole rings is 1. The number of hydrogen-bond donors (Lipinski definition) is 1. The molecule has 1 aromatic heterocycles. The first-order valence-corrected chi connectivity index (χ1v) is 10.1. The molecule has 0 radical (unpaired) electrons. The van der Waals surface area contributed by atoms with Crippen LogP contribution in [-0.4, -0.2) is 31.9 Å². The van der Waals surface area contributed by atoms with E-state index in [1.54, 1.807) is 0 Å². The first-order valence-electron chi connectivity index (χ1n) is 9.09. The number of amides is 1. The minimum absolute atomic E-state index is 0.0488. The zero-order valence-corrected chi connectivity index (χ0v) is 15.0. The van der Waals surface area contributed by atoms with Gasteiger partial charge in [-0.1, -0.05) is 48.9 Å². The maximum Gasteiger partial charge on any atom is 0.230 e. The second-order valence-electron chi connectivity index (χ2n) is 6.84. The van der Waals surface area contributed by atoms with Crippen LogP contribution >= 0.6 is 11.8 Å². The lowest BCUT2D eigenvalue weighted by Gasteiger charge is -2.26. The van der Waals surface area contributed by atoms with E-state index in [-0.39, 0.29) is 11.9 Å². The average Bonchev–Trinajstić information content (AvgIpc) is 3.31. The maximum absolute atomic E-state index is 12.4. The summed E-state index contributed by atoms with van der Waals surface area (Å²) in [5.74, 6) is 0.402. The fourth-order valence-corrected chi connectivity index (χ4v) is 4.68. The topological polar surface area (TPSA) is 72.7 Å². The van der Waals surface area contributed by atoms with Gasteiger partial charge in [0.25, 0.3) is 0 Å². The lowest BCUT2D eigenvalue weighted by molar-refractivity contribution is -0.119. The van der Waals surface area contributed by atoms with Crippen LogP contribution in [0.15, 0.2) is 29.4 Å². The molecule has 1 N–H and O–H groups in total. The minimum atomic E-state index is 0.0488. The predicted octanol–water partition coefficient (Wildman–Crippen LogP) is 3.07. The number of carbonyl (C=O) groups excluding carboxylic acids is 1. The van der Waals surface area contributed by atoms with E-state index in [1.807, 2.05) is 10.7 Å². The first-order chi connectivity index (χ1) is 12.3. The van der Waals surface area contributed by atoms with Crippen LogP contribution < -0.4 is 5.32 Å². The van der Waals surface area contributed by atoms with E-state index in [9.17, 15) is 4.79 Å². The summed E-state index contributed by atoms with van der Waals surface area (Å²) < 4.78 is 1.90. The van der Waals surface area contributed by atoms with Gasteiger partial charge in [0.05, 0.1) is 17.8 Å². The Hall–Kier alpha value is -1.89. The minimum Gasteiger partial charge on any atom is -0.349 e. The van der Waals surface area contributed by atoms with Crippen molar-refractivity contribution < 1.29 is 4.79 Å². The second kappa shape index (κ2) is 7.56. The number of rotatable bonds is 5. The van der Waals surface area contributed by atoms with Gasteiger partial charge in [0.2, 0.25) is 11.1 Å². The summed E-state index contributed by atoms with van der Waals surface area (Å²) in [6.07, 6.45) is 7.95. The summed E-state index contributed by atoms with van der Waals surface area (Å²) >= 11 is 1.43. The third-order valence-electron chi connectivity index (χ3n) is 5.17. The lowest BCUT2D eigenvalue weighted by atomic mass is 9.88. The van der Waals surface area contributed by atoms with Crippen molar-refractivity contribution >= 4 is 17.7 Å². The number of nitrogens with one attached hydrogen (secondary N) is 1. The normalized spacial score (nSPS) is 20.4. The average molecular weight is 357 g/mol. The molecule has 1 fully saturated rings. The maximum atomic E-state index is 12.4. The monoisotopic (exact) mass is 357 g/mol. The summed E-state index contributed by atoms with van der Waals surface area (Å²) in [6, 6.07) is 8.94. The third-order valence-corrected chi connectivity index (χ3v) is 6.10. The number of aromatic nitrogens is 4. The fraction of sp³-hybridized carbons (Fsp3) is 0.556. The molecule has 0 saturated heterocycles. The van der Waals surface area contributed by atoms with Gasteiger partial charge < -0.3 is 5.32 Å². The molecule has 0 aliphatic heterocycles. The molecule has 1 saturated carbocycles. The van der Waals surface area contributed by atoms with E-state index in [0.717, 1.165) is 37.3 Å². The summed E-state index contributed by atoms with van der Waals surface area (Å²) in [4.78, 5) is 12.4. The highest BCUT2D eigenvalue weighted by Gasteiger charge is 2.24. The SMILES string of the molecule is O=C(CSc1nnnn1C1CCCC1)N[C@H]1CCCc2ccccc21. The Morgan fingerprint density at radius 2 is 2.04 bits per heavy atom. The highest BCUT2D eigenvalue weighted by molar-refractivity contribution is 7.99. The lowest BCUT2D eigenvalue weighted by Crippen LogP contribution is -2.32. The van der Waals surface area contributed by atoms with Gasteiger partial charge in [-0.3, -0.25) is 4.79 Å². The van der Waals surface area contributed by atoms with Crippen molar-refractivity contribution in [3.8, 4) is 0 Å². The van der Waals surface area contributed by atoms with Crippen LogP contribution in [0.3, 0.4) is 0 Å². The van der Waals surface area contributed by atoms with Gasteiger partial charge in [0, 0.05) is 0 Å². The predicted molar refractivity (Wildman–Crippen MR) is 96.3 cm³/mol. The molecule has 2 aromatic rings. The van der Waals surface area contributed by atoms with Gasteiger partial charge >= 0.3 is 0 Å². The Labute approximate surface area is 151 Å². The van der Waals surface area contributed by atoms with Gasteiger partial charge in [-0.25, -0.2) is 4.68 Å². The van der Waals surface area contributed by atoms with Crippen molar-refractivity contribution in [3.63, 3.8) is 0 Å². The van der Waals surface area contributed by atoms with Crippen LogP contribution in [0, 0.1) is 0 Å². The largest absolute Gasteiger partial charge is 0.349 e. The van der Waals surface area contributed by atoms with E-state index >= 15 is 0 Å². The van der Waals surface area contributed by atoms with Crippen molar-refractivity contribution in [1.29, 1.82) is 0 Å². The van der Waals surface area contributed by atoms with E-state index in [2.05, 4.69) is 39.0 Å². The van der Waals surface area contributed by atoms with Crippen LogP contribution in [0.25, 0.3) is 0 Å². The number of thioether (sulfide) groups is 1. The smallest absolute Gasteiger partial charge is 0.230 e.